The number of carbonyl (C=O) groups is 3. The quantitative estimate of drug-likeness (QED) is 0.0794. The molecule has 2 heterocycles. The van der Waals surface area contributed by atoms with Gasteiger partial charge in [-0.1, -0.05) is 43.3 Å². The molecule has 4 aromatic rings. The Kier molecular flexibility index (Phi) is 7.78. The van der Waals surface area contributed by atoms with Crippen LogP contribution in [0.1, 0.15) is 35.3 Å². The van der Waals surface area contributed by atoms with E-state index in [1.807, 2.05) is 6.92 Å². The monoisotopic (exact) mass is 593 g/mol. The zero-order chi connectivity index (χ0) is 30.8. The largest absolute Gasteiger partial charge is 0.494 e. The number of ether oxygens (including phenoxy) is 2. The number of nitrogens with zero attached hydrogens (tertiary/aromatic N) is 3. The summed E-state index contributed by atoms with van der Waals surface area (Å²) in [4.78, 5) is 58.4. The highest BCUT2D eigenvalue weighted by Gasteiger charge is 2.60. The van der Waals surface area contributed by atoms with Gasteiger partial charge < -0.3 is 9.47 Å². The molecule has 2 aliphatic rings. The molecule has 0 spiro atoms. The molecule has 3 atom stereocenters. The molecule has 6 rings (SSSR count). The van der Waals surface area contributed by atoms with Crippen molar-refractivity contribution in [3.8, 4) is 11.5 Å². The Hall–Kier alpha value is -5.55. The summed E-state index contributed by atoms with van der Waals surface area (Å²) in [6.07, 6.45) is -0.330. The number of amides is 2. The lowest BCUT2D eigenvalue weighted by molar-refractivity contribution is -0.384. The van der Waals surface area contributed by atoms with Crippen molar-refractivity contribution in [2.24, 2.45) is 5.92 Å². The second-order valence-electron chi connectivity index (χ2n) is 10.3. The van der Waals surface area contributed by atoms with Crippen molar-refractivity contribution in [1.82, 2.24) is 0 Å². The molecule has 0 radical (unpaired) electrons. The maximum Gasteiger partial charge on any atom is 0.343 e. The second kappa shape index (κ2) is 12.0. The third kappa shape index (κ3) is 5.36. The number of nitro groups is 1. The Balaban J connectivity index is 1.32. The molecular formula is C33H27N3O8. The third-order valence-electron chi connectivity index (χ3n) is 7.42. The minimum Gasteiger partial charge on any atom is -0.494 e. The first kappa shape index (κ1) is 28.6. The van der Waals surface area contributed by atoms with Gasteiger partial charge in [-0.3, -0.25) is 24.5 Å². The maximum absolute atomic E-state index is 13.9. The first-order valence-electron chi connectivity index (χ1n) is 14.0. The molecule has 0 aromatic heterocycles. The van der Waals surface area contributed by atoms with Crippen LogP contribution in [0.2, 0.25) is 0 Å². The number of carbonyl (C=O) groups excluding carboxylic acids is 3. The van der Waals surface area contributed by atoms with Gasteiger partial charge in [-0.05, 0) is 66.6 Å². The van der Waals surface area contributed by atoms with Crippen LogP contribution in [0.15, 0.2) is 103 Å². The predicted molar refractivity (Wildman–Crippen MR) is 159 cm³/mol. The Morgan fingerprint density at radius 1 is 0.864 bits per heavy atom. The van der Waals surface area contributed by atoms with Crippen LogP contribution in [0.25, 0.3) is 0 Å². The number of hydrogen-bond acceptors (Lipinski definition) is 9. The first-order chi connectivity index (χ1) is 21.4. The molecular weight excluding hydrogens is 566 g/mol. The molecule has 0 unspecified atom stereocenters. The zero-order valence-electron chi connectivity index (χ0n) is 23.6. The van der Waals surface area contributed by atoms with E-state index in [4.69, 9.17) is 14.3 Å². The highest BCUT2D eigenvalue weighted by molar-refractivity contribution is 6.24. The van der Waals surface area contributed by atoms with E-state index in [1.165, 1.54) is 23.3 Å². The van der Waals surface area contributed by atoms with Crippen molar-refractivity contribution >= 4 is 34.8 Å². The summed E-state index contributed by atoms with van der Waals surface area (Å²) in [7, 11) is 0. The van der Waals surface area contributed by atoms with Crippen LogP contribution in [-0.2, 0) is 14.4 Å². The van der Waals surface area contributed by atoms with E-state index in [9.17, 15) is 24.5 Å². The van der Waals surface area contributed by atoms with Crippen molar-refractivity contribution in [3.05, 3.63) is 124 Å². The average molecular weight is 594 g/mol. The first-order valence-corrected chi connectivity index (χ1v) is 14.0. The number of nitro benzene ring substituents is 1. The van der Waals surface area contributed by atoms with Gasteiger partial charge in [0.1, 0.15) is 17.4 Å². The second-order valence-corrected chi connectivity index (χ2v) is 10.3. The van der Waals surface area contributed by atoms with E-state index < -0.39 is 40.8 Å². The summed E-state index contributed by atoms with van der Waals surface area (Å²) in [6, 6.07) is 26.7. The fourth-order valence-electron chi connectivity index (χ4n) is 5.36. The molecule has 4 aromatic carbocycles. The number of anilines is 2. The van der Waals surface area contributed by atoms with Crippen molar-refractivity contribution in [2.75, 3.05) is 16.6 Å². The van der Waals surface area contributed by atoms with Crippen molar-refractivity contribution in [3.63, 3.8) is 0 Å². The number of fused-ring (bicyclic) bond motifs is 1. The number of hydroxylamine groups is 1. The summed E-state index contributed by atoms with van der Waals surface area (Å²) >= 11 is 0. The minimum absolute atomic E-state index is 0.172. The van der Waals surface area contributed by atoms with E-state index in [1.54, 1.807) is 84.9 Å². The van der Waals surface area contributed by atoms with Crippen LogP contribution < -0.4 is 19.4 Å². The highest BCUT2D eigenvalue weighted by atomic mass is 16.7. The molecule has 0 saturated carbocycles. The van der Waals surface area contributed by atoms with Gasteiger partial charge in [0.25, 0.3) is 11.6 Å². The van der Waals surface area contributed by atoms with E-state index in [0.29, 0.717) is 34.9 Å². The lowest BCUT2D eigenvalue weighted by Gasteiger charge is -2.28. The molecule has 0 bridgehead atoms. The van der Waals surface area contributed by atoms with E-state index in [2.05, 4.69) is 0 Å². The summed E-state index contributed by atoms with van der Waals surface area (Å²) in [5.41, 5.74) is 1.48. The number of rotatable bonds is 9. The number of benzene rings is 4. The molecule has 11 nitrogen and oxygen atoms in total. The van der Waals surface area contributed by atoms with Gasteiger partial charge in [0.2, 0.25) is 5.91 Å². The van der Waals surface area contributed by atoms with Gasteiger partial charge in [0.15, 0.2) is 6.10 Å². The number of hydrogen-bond donors (Lipinski definition) is 0. The van der Waals surface area contributed by atoms with Crippen LogP contribution in [0.5, 0.6) is 11.5 Å². The number of imide groups is 1. The normalized spacial score (nSPS) is 19.2. The zero-order valence-corrected chi connectivity index (χ0v) is 23.6. The fraction of sp³-hybridized carbons (Fsp3) is 0.182. The molecule has 0 aliphatic carbocycles. The van der Waals surface area contributed by atoms with Crippen LogP contribution in [0, 0.1) is 16.0 Å². The van der Waals surface area contributed by atoms with Crippen molar-refractivity contribution in [1.29, 1.82) is 0 Å². The van der Waals surface area contributed by atoms with Crippen LogP contribution >= 0.6 is 0 Å². The van der Waals surface area contributed by atoms with Crippen LogP contribution in [0.3, 0.4) is 0 Å². The summed E-state index contributed by atoms with van der Waals surface area (Å²) < 4.78 is 11.1. The van der Waals surface area contributed by atoms with Gasteiger partial charge in [-0.2, -0.15) is 0 Å². The van der Waals surface area contributed by atoms with Crippen LogP contribution in [-0.4, -0.2) is 35.4 Å². The smallest absolute Gasteiger partial charge is 0.343 e. The summed E-state index contributed by atoms with van der Waals surface area (Å²) in [5, 5.41) is 12.9. The van der Waals surface area contributed by atoms with Gasteiger partial charge in [0, 0.05) is 12.1 Å². The molecule has 2 amide bonds. The predicted octanol–water partition coefficient (Wildman–Crippen LogP) is 5.65. The average Bonchev–Trinajstić information content (AvgIpc) is 3.56. The third-order valence-corrected chi connectivity index (χ3v) is 7.42. The molecule has 11 heteroatoms. The highest BCUT2D eigenvalue weighted by Crippen LogP contribution is 2.48. The van der Waals surface area contributed by atoms with E-state index >= 15 is 0 Å². The maximum atomic E-state index is 13.9. The Morgan fingerprint density at radius 2 is 1.57 bits per heavy atom. The minimum atomic E-state index is -1.17. The molecule has 222 valence electrons. The summed E-state index contributed by atoms with van der Waals surface area (Å²) in [5.74, 6) is -1.61. The summed E-state index contributed by atoms with van der Waals surface area (Å²) in [6.45, 7) is 2.53. The standard InChI is InChI=1S/C33H27N3O8/c1-2-19-42-26-17-13-23(14-18-26)34-31(37)28-29(21-11-15-27(16-12-21)43-33(39)22-7-4-3-5-8-22)35(44-30(28)32(34)38)24-9-6-10-25(20-24)36(40)41/h3-18,20,28-30H,2,19H2,1H3/t28-,29-,30+/m0/s1. The topological polar surface area (TPSA) is 129 Å². The Labute approximate surface area is 252 Å². The number of non-ortho nitro benzene ring substituents is 1. The Morgan fingerprint density at radius 3 is 2.25 bits per heavy atom. The molecule has 0 N–H and O–H groups in total. The van der Waals surface area contributed by atoms with Gasteiger partial charge in [-0.15, -0.1) is 0 Å². The Bertz CT molecular complexity index is 1710. The molecule has 44 heavy (non-hydrogen) atoms. The van der Waals surface area contributed by atoms with Crippen LogP contribution in [0.4, 0.5) is 17.1 Å². The fourth-order valence-corrected chi connectivity index (χ4v) is 5.36. The van der Waals surface area contributed by atoms with Crippen molar-refractivity contribution in [2.45, 2.75) is 25.5 Å². The van der Waals surface area contributed by atoms with Gasteiger partial charge in [0.05, 0.1) is 34.5 Å². The molecule has 2 aliphatic heterocycles. The van der Waals surface area contributed by atoms with Crippen molar-refractivity contribution < 1.29 is 33.6 Å². The lowest BCUT2D eigenvalue weighted by atomic mass is 9.90. The SMILES string of the molecule is CCCOc1ccc(N2C(=O)[C@@H]3[C@@H](ON(c4cccc([N+](=O)[O-])c4)[C@H]3c3ccc(OC(=O)c4ccccc4)cc3)C2=O)cc1. The lowest BCUT2D eigenvalue weighted by Crippen LogP contribution is -2.37. The van der Waals surface area contributed by atoms with Gasteiger partial charge >= 0.3 is 5.97 Å². The van der Waals surface area contributed by atoms with E-state index in [0.717, 1.165) is 11.3 Å². The molecule has 2 fully saturated rings. The van der Waals surface area contributed by atoms with Gasteiger partial charge in [-0.25, -0.2) is 14.8 Å². The van der Waals surface area contributed by atoms with E-state index in [-0.39, 0.29) is 11.4 Å². The number of esters is 1. The molecule has 2 saturated heterocycles.